The first-order chi connectivity index (χ1) is 6.70. The Morgan fingerprint density at radius 2 is 2.29 bits per heavy atom. The minimum atomic E-state index is -0.678. The van der Waals surface area contributed by atoms with Crippen molar-refractivity contribution < 1.29 is 14.3 Å². The van der Waals surface area contributed by atoms with Crippen LogP contribution in [0.3, 0.4) is 0 Å². The minimum absolute atomic E-state index is 0.0316. The van der Waals surface area contributed by atoms with E-state index in [1.54, 1.807) is 0 Å². The molecule has 1 amide bonds. The van der Waals surface area contributed by atoms with Gasteiger partial charge in [-0.1, -0.05) is 12.7 Å². The predicted octanol–water partition coefficient (Wildman–Crippen LogP) is 0.850. The van der Waals surface area contributed by atoms with Gasteiger partial charge in [0.2, 0.25) is 5.91 Å². The molecule has 1 aliphatic heterocycles. The van der Waals surface area contributed by atoms with Crippen LogP contribution >= 0.6 is 0 Å². The summed E-state index contributed by atoms with van der Waals surface area (Å²) in [7, 11) is 0. The Bertz CT molecular complexity index is 273. The molecule has 0 radical (unpaired) electrons. The number of carbonyl (C=O) groups excluding carboxylic acids is 2. The highest BCUT2D eigenvalue weighted by Crippen LogP contribution is 2.15. The summed E-state index contributed by atoms with van der Waals surface area (Å²) in [6, 6.07) is -0.678. The van der Waals surface area contributed by atoms with Gasteiger partial charge in [0.15, 0.2) is 0 Å². The van der Waals surface area contributed by atoms with Crippen molar-refractivity contribution in [2.45, 2.75) is 18.9 Å². The lowest BCUT2D eigenvalue weighted by molar-refractivity contribution is -0.146. The molecule has 1 fully saturated rings. The van der Waals surface area contributed by atoms with Crippen molar-refractivity contribution in [3.05, 3.63) is 25.5 Å². The molecule has 0 aromatic rings. The smallest absolute Gasteiger partial charge is 0.337 e. The van der Waals surface area contributed by atoms with E-state index in [4.69, 9.17) is 0 Å². The Morgan fingerprint density at radius 1 is 1.57 bits per heavy atom. The summed E-state index contributed by atoms with van der Waals surface area (Å²) in [6.45, 7) is 7.38. The quantitative estimate of drug-likeness (QED) is 0.379. The third-order valence-corrected chi connectivity index (χ3v) is 2.11. The molecule has 14 heavy (non-hydrogen) atoms. The van der Waals surface area contributed by atoms with Crippen LogP contribution in [0.15, 0.2) is 25.5 Å². The number of likely N-dealkylation sites (tertiary alicyclic amines) is 1. The fourth-order valence-corrected chi connectivity index (χ4v) is 1.47. The first-order valence-corrected chi connectivity index (χ1v) is 4.44. The largest absolute Gasteiger partial charge is 0.433 e. The molecule has 1 unspecified atom stereocenters. The number of esters is 1. The van der Waals surface area contributed by atoms with E-state index in [1.165, 1.54) is 11.0 Å². The summed E-state index contributed by atoms with van der Waals surface area (Å²) in [5.74, 6) is -0.541. The Morgan fingerprint density at radius 3 is 2.71 bits per heavy atom. The zero-order valence-electron chi connectivity index (χ0n) is 7.94. The normalized spacial score (nSPS) is 17.7. The van der Waals surface area contributed by atoms with Crippen LogP contribution in [0.4, 0.5) is 0 Å². The maximum absolute atomic E-state index is 11.3. The van der Waals surface area contributed by atoms with Gasteiger partial charge in [-0.2, -0.15) is 0 Å². The lowest BCUT2D eigenvalue weighted by Gasteiger charge is -2.22. The number of rotatable bonds is 4. The van der Waals surface area contributed by atoms with Gasteiger partial charge in [0, 0.05) is 13.0 Å². The maximum atomic E-state index is 11.3. The first kappa shape index (κ1) is 10.5. The Balaban J connectivity index is 2.69. The highest BCUT2D eigenvalue weighted by molar-refractivity contribution is 5.87. The van der Waals surface area contributed by atoms with Crippen LogP contribution in [-0.4, -0.2) is 29.4 Å². The second kappa shape index (κ2) is 4.60. The molecule has 1 aliphatic rings. The summed E-state index contributed by atoms with van der Waals surface area (Å²) in [5.41, 5.74) is 0. The van der Waals surface area contributed by atoms with Gasteiger partial charge in [-0.3, -0.25) is 4.79 Å². The van der Waals surface area contributed by atoms with Gasteiger partial charge in [0.1, 0.15) is 6.04 Å². The standard InChI is InChI=1S/C10H13NO3/c1-3-8(10(13)14-4-2)11-7-5-6-9(11)12/h3-4,8H,1-2,5-7H2. The van der Waals surface area contributed by atoms with Crippen molar-refractivity contribution in [1.82, 2.24) is 4.90 Å². The SMILES string of the molecule is C=COC(=O)C(C=C)N1CCCC1=O. The van der Waals surface area contributed by atoms with Crippen molar-refractivity contribution >= 4 is 11.9 Å². The van der Waals surface area contributed by atoms with Crippen molar-refractivity contribution in [3.63, 3.8) is 0 Å². The van der Waals surface area contributed by atoms with Crippen LogP contribution in [-0.2, 0) is 14.3 Å². The fraction of sp³-hybridized carbons (Fsp3) is 0.400. The van der Waals surface area contributed by atoms with Gasteiger partial charge in [-0.15, -0.1) is 6.58 Å². The van der Waals surface area contributed by atoms with E-state index in [1.807, 2.05) is 0 Å². The molecular formula is C10H13NO3. The first-order valence-electron chi connectivity index (χ1n) is 4.44. The maximum Gasteiger partial charge on any atom is 0.337 e. The third-order valence-electron chi connectivity index (χ3n) is 2.11. The zero-order chi connectivity index (χ0) is 10.6. The van der Waals surface area contributed by atoms with Crippen LogP contribution in [0.5, 0.6) is 0 Å². The number of hydrogen-bond acceptors (Lipinski definition) is 3. The predicted molar refractivity (Wildman–Crippen MR) is 51.2 cm³/mol. The van der Waals surface area contributed by atoms with Crippen LogP contribution in [0.1, 0.15) is 12.8 Å². The molecular weight excluding hydrogens is 182 g/mol. The molecule has 1 atom stereocenters. The van der Waals surface area contributed by atoms with Crippen molar-refractivity contribution in [3.8, 4) is 0 Å². The Kier molecular flexibility index (Phi) is 3.45. The van der Waals surface area contributed by atoms with Gasteiger partial charge in [0.25, 0.3) is 0 Å². The monoisotopic (exact) mass is 195 g/mol. The van der Waals surface area contributed by atoms with Gasteiger partial charge in [-0.25, -0.2) is 4.79 Å². The molecule has 0 aromatic carbocycles. The van der Waals surface area contributed by atoms with E-state index in [9.17, 15) is 9.59 Å². The average molecular weight is 195 g/mol. The van der Waals surface area contributed by atoms with E-state index in [0.29, 0.717) is 13.0 Å². The number of amides is 1. The lowest BCUT2D eigenvalue weighted by Crippen LogP contribution is -2.40. The molecule has 0 aliphatic carbocycles. The molecule has 0 spiro atoms. The number of carbonyl (C=O) groups is 2. The third kappa shape index (κ3) is 2.02. The summed E-state index contributed by atoms with van der Waals surface area (Å²) in [5, 5.41) is 0. The van der Waals surface area contributed by atoms with Crippen LogP contribution in [0, 0.1) is 0 Å². The van der Waals surface area contributed by atoms with E-state index in [-0.39, 0.29) is 5.91 Å². The average Bonchev–Trinajstić information content (AvgIpc) is 2.54. The molecule has 4 heteroatoms. The van der Waals surface area contributed by atoms with E-state index in [2.05, 4.69) is 17.9 Å². The minimum Gasteiger partial charge on any atom is -0.433 e. The molecule has 76 valence electrons. The second-order valence-electron chi connectivity index (χ2n) is 2.97. The van der Waals surface area contributed by atoms with Crippen LogP contribution < -0.4 is 0 Å². The van der Waals surface area contributed by atoms with Gasteiger partial charge in [-0.05, 0) is 6.42 Å². The topological polar surface area (TPSA) is 46.6 Å². The highest BCUT2D eigenvalue weighted by Gasteiger charge is 2.31. The summed E-state index contributed by atoms with van der Waals surface area (Å²) in [6.07, 6.45) is 3.74. The molecule has 4 nitrogen and oxygen atoms in total. The van der Waals surface area contributed by atoms with Gasteiger partial charge >= 0.3 is 5.97 Å². The zero-order valence-corrected chi connectivity index (χ0v) is 7.94. The molecule has 0 bridgehead atoms. The number of ether oxygens (including phenoxy) is 1. The van der Waals surface area contributed by atoms with Crippen molar-refractivity contribution in [2.24, 2.45) is 0 Å². The lowest BCUT2D eigenvalue weighted by atomic mass is 10.2. The summed E-state index contributed by atoms with van der Waals surface area (Å²) < 4.78 is 4.62. The Hall–Kier alpha value is -1.58. The second-order valence-corrected chi connectivity index (χ2v) is 2.97. The van der Waals surface area contributed by atoms with Gasteiger partial charge < -0.3 is 9.64 Å². The van der Waals surface area contributed by atoms with Crippen LogP contribution in [0.25, 0.3) is 0 Å². The molecule has 0 N–H and O–H groups in total. The van der Waals surface area contributed by atoms with E-state index >= 15 is 0 Å². The summed E-state index contributed by atoms with van der Waals surface area (Å²) in [4.78, 5) is 24.1. The number of nitrogens with zero attached hydrogens (tertiary/aromatic N) is 1. The van der Waals surface area contributed by atoms with Crippen molar-refractivity contribution in [1.29, 1.82) is 0 Å². The Labute approximate surface area is 82.8 Å². The molecule has 1 heterocycles. The summed E-state index contributed by atoms with van der Waals surface area (Å²) >= 11 is 0. The fourth-order valence-electron chi connectivity index (χ4n) is 1.47. The highest BCUT2D eigenvalue weighted by atomic mass is 16.5. The molecule has 1 saturated heterocycles. The molecule has 1 rings (SSSR count). The van der Waals surface area contributed by atoms with E-state index < -0.39 is 12.0 Å². The molecule has 0 saturated carbocycles. The molecule has 0 aromatic heterocycles. The number of hydrogen-bond donors (Lipinski definition) is 0. The van der Waals surface area contributed by atoms with Crippen molar-refractivity contribution in [2.75, 3.05) is 6.54 Å². The van der Waals surface area contributed by atoms with E-state index in [0.717, 1.165) is 12.7 Å². The van der Waals surface area contributed by atoms with Gasteiger partial charge in [0.05, 0.1) is 6.26 Å². The van der Waals surface area contributed by atoms with Crippen LogP contribution in [0.2, 0.25) is 0 Å².